The predicted octanol–water partition coefficient (Wildman–Crippen LogP) is 2.85. The van der Waals surface area contributed by atoms with Crippen LogP contribution >= 0.6 is 0 Å². The summed E-state index contributed by atoms with van der Waals surface area (Å²) in [5.74, 6) is 2.50. The van der Waals surface area contributed by atoms with Crippen LogP contribution in [0.3, 0.4) is 0 Å². The molecule has 1 atom stereocenters. The summed E-state index contributed by atoms with van der Waals surface area (Å²) < 4.78 is 11.6. The smallest absolute Gasteiger partial charge is 0.161 e. The molecule has 1 aliphatic carbocycles. The highest BCUT2D eigenvalue weighted by molar-refractivity contribution is 5.39. The standard InChI is InChI=1S/C15H23NO2/c1-3-10-17-14-6-4-5-7-15(14)18-11-13(16-2)12-8-9-12/h4-7,12-13,16H,3,8-11H2,1-2H3. The molecule has 0 radical (unpaired) electrons. The number of hydrogen-bond donors (Lipinski definition) is 1. The van der Waals surface area contributed by atoms with Crippen LogP contribution in [0.15, 0.2) is 24.3 Å². The van der Waals surface area contributed by atoms with Crippen LogP contribution in [0.4, 0.5) is 0 Å². The number of hydrogen-bond acceptors (Lipinski definition) is 3. The summed E-state index contributed by atoms with van der Waals surface area (Å²) in [6, 6.07) is 8.37. The fourth-order valence-electron chi connectivity index (χ4n) is 2.03. The molecular formula is C15H23NO2. The highest BCUT2D eigenvalue weighted by Crippen LogP contribution is 2.33. The summed E-state index contributed by atoms with van der Waals surface area (Å²) in [7, 11) is 2.01. The Morgan fingerprint density at radius 1 is 1.22 bits per heavy atom. The average molecular weight is 249 g/mol. The van der Waals surface area contributed by atoms with Crippen LogP contribution in [0, 0.1) is 5.92 Å². The highest BCUT2D eigenvalue weighted by Gasteiger charge is 2.30. The van der Waals surface area contributed by atoms with E-state index in [2.05, 4.69) is 12.2 Å². The summed E-state index contributed by atoms with van der Waals surface area (Å²) in [6.45, 7) is 3.56. The molecular weight excluding hydrogens is 226 g/mol. The molecule has 0 aliphatic heterocycles. The van der Waals surface area contributed by atoms with Crippen molar-refractivity contribution in [3.8, 4) is 11.5 Å². The lowest BCUT2D eigenvalue weighted by Crippen LogP contribution is -2.33. The minimum absolute atomic E-state index is 0.462. The maximum Gasteiger partial charge on any atom is 0.161 e. The summed E-state index contributed by atoms with van der Waals surface area (Å²) in [5, 5.41) is 3.33. The summed E-state index contributed by atoms with van der Waals surface area (Å²) in [6.07, 6.45) is 3.65. The summed E-state index contributed by atoms with van der Waals surface area (Å²) >= 11 is 0. The molecule has 0 saturated heterocycles. The molecule has 1 fully saturated rings. The van der Waals surface area contributed by atoms with Gasteiger partial charge in [-0.2, -0.15) is 0 Å². The Morgan fingerprint density at radius 2 is 1.89 bits per heavy atom. The van der Waals surface area contributed by atoms with Gasteiger partial charge in [-0.3, -0.25) is 0 Å². The van der Waals surface area contributed by atoms with Gasteiger partial charge >= 0.3 is 0 Å². The van der Waals surface area contributed by atoms with E-state index in [9.17, 15) is 0 Å². The fourth-order valence-corrected chi connectivity index (χ4v) is 2.03. The van der Waals surface area contributed by atoms with Crippen LogP contribution in [0.25, 0.3) is 0 Å². The van der Waals surface area contributed by atoms with E-state index < -0.39 is 0 Å². The van der Waals surface area contributed by atoms with Gasteiger partial charge < -0.3 is 14.8 Å². The van der Waals surface area contributed by atoms with E-state index in [-0.39, 0.29) is 0 Å². The van der Waals surface area contributed by atoms with Crippen molar-refractivity contribution in [3.05, 3.63) is 24.3 Å². The zero-order chi connectivity index (χ0) is 12.8. The second-order valence-electron chi connectivity index (χ2n) is 4.84. The molecule has 0 aromatic heterocycles. The number of para-hydroxylation sites is 2. The highest BCUT2D eigenvalue weighted by atomic mass is 16.5. The second-order valence-corrected chi connectivity index (χ2v) is 4.84. The van der Waals surface area contributed by atoms with E-state index in [0.29, 0.717) is 12.6 Å². The maximum atomic E-state index is 5.90. The molecule has 1 aliphatic rings. The first-order chi connectivity index (χ1) is 8.85. The molecule has 1 saturated carbocycles. The van der Waals surface area contributed by atoms with Gasteiger partial charge in [-0.05, 0) is 44.4 Å². The minimum Gasteiger partial charge on any atom is -0.490 e. The van der Waals surface area contributed by atoms with Crippen LogP contribution in [0.5, 0.6) is 11.5 Å². The molecule has 1 N–H and O–H groups in total. The maximum absolute atomic E-state index is 5.90. The zero-order valence-electron chi connectivity index (χ0n) is 11.3. The first-order valence-corrected chi connectivity index (χ1v) is 6.87. The Hall–Kier alpha value is -1.22. The molecule has 1 unspecified atom stereocenters. The Bertz CT molecular complexity index is 363. The minimum atomic E-state index is 0.462. The second kappa shape index (κ2) is 6.64. The molecule has 1 aromatic carbocycles. The molecule has 0 heterocycles. The van der Waals surface area contributed by atoms with Crippen molar-refractivity contribution in [2.45, 2.75) is 32.2 Å². The van der Waals surface area contributed by atoms with Gasteiger partial charge in [0, 0.05) is 6.04 Å². The van der Waals surface area contributed by atoms with E-state index in [4.69, 9.17) is 9.47 Å². The molecule has 3 heteroatoms. The van der Waals surface area contributed by atoms with Crippen molar-refractivity contribution in [2.24, 2.45) is 5.92 Å². The van der Waals surface area contributed by atoms with Crippen molar-refractivity contribution < 1.29 is 9.47 Å². The lowest BCUT2D eigenvalue weighted by molar-refractivity contribution is 0.235. The number of benzene rings is 1. The third-order valence-corrected chi connectivity index (χ3v) is 3.29. The van der Waals surface area contributed by atoms with Gasteiger partial charge in [0.2, 0.25) is 0 Å². The lowest BCUT2D eigenvalue weighted by Gasteiger charge is -2.18. The van der Waals surface area contributed by atoms with Crippen molar-refractivity contribution in [3.63, 3.8) is 0 Å². The Balaban J connectivity index is 1.90. The third kappa shape index (κ3) is 3.64. The third-order valence-electron chi connectivity index (χ3n) is 3.29. The van der Waals surface area contributed by atoms with E-state index in [1.54, 1.807) is 0 Å². The van der Waals surface area contributed by atoms with Gasteiger partial charge in [0.25, 0.3) is 0 Å². The van der Waals surface area contributed by atoms with Gasteiger partial charge in [0.15, 0.2) is 11.5 Å². The Morgan fingerprint density at radius 3 is 2.44 bits per heavy atom. The van der Waals surface area contributed by atoms with Crippen LogP contribution < -0.4 is 14.8 Å². The van der Waals surface area contributed by atoms with Crippen LogP contribution in [-0.2, 0) is 0 Å². The topological polar surface area (TPSA) is 30.5 Å². The van der Waals surface area contributed by atoms with Gasteiger partial charge in [-0.1, -0.05) is 19.1 Å². The molecule has 3 nitrogen and oxygen atoms in total. The molecule has 18 heavy (non-hydrogen) atoms. The van der Waals surface area contributed by atoms with Crippen molar-refractivity contribution >= 4 is 0 Å². The van der Waals surface area contributed by atoms with E-state index >= 15 is 0 Å². The lowest BCUT2D eigenvalue weighted by atomic mass is 10.2. The molecule has 0 amide bonds. The normalized spacial score (nSPS) is 16.3. The number of likely N-dealkylation sites (N-methyl/N-ethyl adjacent to an activating group) is 1. The molecule has 100 valence electrons. The Labute approximate surface area is 109 Å². The number of nitrogens with one attached hydrogen (secondary N) is 1. The first-order valence-electron chi connectivity index (χ1n) is 6.87. The van der Waals surface area contributed by atoms with Gasteiger partial charge in [-0.15, -0.1) is 0 Å². The largest absolute Gasteiger partial charge is 0.490 e. The van der Waals surface area contributed by atoms with Crippen molar-refractivity contribution in [1.82, 2.24) is 5.32 Å². The Kier molecular flexibility index (Phi) is 4.88. The van der Waals surface area contributed by atoms with Crippen LogP contribution in [-0.4, -0.2) is 26.3 Å². The quantitative estimate of drug-likeness (QED) is 0.768. The molecule has 0 spiro atoms. The van der Waals surface area contributed by atoms with Crippen LogP contribution in [0.1, 0.15) is 26.2 Å². The fraction of sp³-hybridized carbons (Fsp3) is 0.600. The van der Waals surface area contributed by atoms with Crippen molar-refractivity contribution in [2.75, 3.05) is 20.3 Å². The van der Waals surface area contributed by atoms with Gasteiger partial charge in [0.05, 0.1) is 6.61 Å². The predicted molar refractivity (Wildman–Crippen MR) is 73.3 cm³/mol. The van der Waals surface area contributed by atoms with E-state index in [0.717, 1.165) is 30.4 Å². The van der Waals surface area contributed by atoms with Gasteiger partial charge in [0.1, 0.15) is 6.61 Å². The number of rotatable bonds is 8. The summed E-state index contributed by atoms with van der Waals surface area (Å²) in [4.78, 5) is 0. The van der Waals surface area contributed by atoms with E-state index in [1.165, 1.54) is 12.8 Å². The average Bonchev–Trinajstić information content (AvgIpc) is 3.23. The SMILES string of the molecule is CCCOc1ccccc1OCC(NC)C1CC1. The molecule has 2 rings (SSSR count). The van der Waals surface area contributed by atoms with Crippen LogP contribution in [0.2, 0.25) is 0 Å². The zero-order valence-corrected chi connectivity index (χ0v) is 11.3. The molecule has 1 aromatic rings. The molecule has 0 bridgehead atoms. The van der Waals surface area contributed by atoms with Gasteiger partial charge in [-0.25, -0.2) is 0 Å². The number of ether oxygens (including phenoxy) is 2. The first kappa shape index (κ1) is 13.2. The van der Waals surface area contributed by atoms with E-state index in [1.807, 2.05) is 31.3 Å². The monoisotopic (exact) mass is 249 g/mol. The van der Waals surface area contributed by atoms with Crippen molar-refractivity contribution in [1.29, 1.82) is 0 Å². The summed E-state index contributed by atoms with van der Waals surface area (Å²) in [5.41, 5.74) is 0.